The van der Waals surface area contributed by atoms with Crippen molar-refractivity contribution in [3.63, 3.8) is 0 Å². The fraction of sp³-hybridized carbons (Fsp3) is 0.364. The highest BCUT2D eigenvalue weighted by Gasteiger charge is 2.37. The first-order valence-corrected chi connectivity index (χ1v) is 9.99. The summed E-state index contributed by atoms with van der Waals surface area (Å²) < 4.78 is 11.1. The molecule has 0 bridgehead atoms. The number of hydrogen-bond acceptors (Lipinski definition) is 5. The topological polar surface area (TPSA) is 79.9 Å². The molecule has 0 saturated carbocycles. The van der Waals surface area contributed by atoms with Crippen molar-refractivity contribution in [1.82, 2.24) is 10.6 Å². The van der Waals surface area contributed by atoms with E-state index in [1.165, 1.54) is 11.1 Å². The molecule has 0 radical (unpaired) electrons. The van der Waals surface area contributed by atoms with Crippen LogP contribution in [0.4, 0.5) is 5.69 Å². The highest BCUT2D eigenvalue weighted by Crippen LogP contribution is 2.36. The van der Waals surface area contributed by atoms with Crippen LogP contribution in [0.3, 0.4) is 0 Å². The molecule has 2 aromatic carbocycles. The van der Waals surface area contributed by atoms with Crippen molar-refractivity contribution >= 4 is 17.5 Å². The van der Waals surface area contributed by atoms with Crippen molar-refractivity contribution in [2.45, 2.75) is 26.1 Å². The van der Waals surface area contributed by atoms with Gasteiger partial charge in [0, 0.05) is 37.9 Å². The summed E-state index contributed by atoms with van der Waals surface area (Å²) in [5.74, 6) is 0.288. The number of fused-ring (bicyclic) bond motifs is 2. The van der Waals surface area contributed by atoms with Crippen molar-refractivity contribution in [1.29, 1.82) is 0 Å². The zero-order valence-corrected chi connectivity index (χ0v) is 16.1. The molecule has 3 aliphatic rings. The first-order valence-electron chi connectivity index (χ1n) is 9.99. The lowest BCUT2D eigenvalue weighted by atomic mass is 10.1. The van der Waals surface area contributed by atoms with E-state index in [1.807, 2.05) is 24.3 Å². The van der Waals surface area contributed by atoms with Crippen LogP contribution in [0.2, 0.25) is 0 Å². The molecule has 1 fully saturated rings. The minimum atomic E-state index is -0.653. The van der Waals surface area contributed by atoms with Gasteiger partial charge in [0.15, 0.2) is 11.5 Å². The number of nitrogens with one attached hydrogen (secondary N) is 2. The van der Waals surface area contributed by atoms with Gasteiger partial charge in [-0.2, -0.15) is 0 Å². The second-order valence-corrected chi connectivity index (χ2v) is 7.58. The van der Waals surface area contributed by atoms with E-state index in [2.05, 4.69) is 22.8 Å². The van der Waals surface area contributed by atoms with Crippen molar-refractivity contribution in [2.24, 2.45) is 5.92 Å². The van der Waals surface area contributed by atoms with Gasteiger partial charge in [0.1, 0.15) is 19.1 Å². The Hall–Kier alpha value is -3.06. The molecule has 3 aliphatic heterocycles. The minimum Gasteiger partial charge on any atom is -0.486 e. The average Bonchev–Trinajstić information content (AvgIpc) is 3.37. The van der Waals surface area contributed by atoms with Gasteiger partial charge in [0.05, 0.1) is 0 Å². The van der Waals surface area contributed by atoms with Gasteiger partial charge in [-0.1, -0.05) is 18.2 Å². The standard InChI is InChI=1S/C22H23N3O4/c26-21(24-11-14-1-2-15-12-23-13-16(15)9-14)18-5-6-25(22(18)27)17-3-4-19-20(10-17)29-8-7-28-19/h1-4,9-10,18,23H,5-8,11-13H2,(H,24,26). The zero-order valence-electron chi connectivity index (χ0n) is 16.1. The molecule has 2 aromatic rings. The largest absolute Gasteiger partial charge is 0.486 e. The number of amides is 2. The van der Waals surface area contributed by atoms with Crippen LogP contribution in [0.5, 0.6) is 11.5 Å². The quantitative estimate of drug-likeness (QED) is 0.774. The Morgan fingerprint density at radius 1 is 1.07 bits per heavy atom. The maximum atomic E-state index is 12.9. The van der Waals surface area contributed by atoms with Gasteiger partial charge in [-0.05, 0) is 35.2 Å². The molecule has 1 unspecified atom stereocenters. The third-order valence-corrected chi connectivity index (χ3v) is 5.73. The van der Waals surface area contributed by atoms with Crippen molar-refractivity contribution < 1.29 is 19.1 Å². The van der Waals surface area contributed by atoms with E-state index in [1.54, 1.807) is 4.90 Å². The molecule has 5 rings (SSSR count). The van der Waals surface area contributed by atoms with Gasteiger partial charge < -0.3 is 25.0 Å². The summed E-state index contributed by atoms with van der Waals surface area (Å²) in [6.45, 7) is 3.73. The first kappa shape index (κ1) is 18.0. The normalized spacial score (nSPS) is 19.9. The van der Waals surface area contributed by atoms with Crippen LogP contribution in [0.25, 0.3) is 0 Å². The second kappa shape index (κ2) is 7.40. The lowest BCUT2D eigenvalue weighted by molar-refractivity contribution is -0.132. The van der Waals surface area contributed by atoms with Crippen LogP contribution in [-0.4, -0.2) is 31.6 Å². The van der Waals surface area contributed by atoms with Crippen LogP contribution >= 0.6 is 0 Å². The van der Waals surface area contributed by atoms with Crippen LogP contribution in [-0.2, 0) is 29.2 Å². The van der Waals surface area contributed by atoms with Gasteiger partial charge in [-0.3, -0.25) is 9.59 Å². The summed E-state index contributed by atoms with van der Waals surface area (Å²) in [6.07, 6.45) is 0.507. The number of anilines is 1. The molecule has 150 valence electrons. The van der Waals surface area contributed by atoms with Gasteiger partial charge in [0.2, 0.25) is 11.8 Å². The number of hydrogen-bond donors (Lipinski definition) is 2. The van der Waals surface area contributed by atoms with E-state index in [9.17, 15) is 9.59 Å². The fourth-order valence-corrected chi connectivity index (χ4v) is 4.15. The Kier molecular flexibility index (Phi) is 4.60. The zero-order chi connectivity index (χ0) is 19.8. The predicted octanol–water partition coefficient (Wildman–Crippen LogP) is 1.73. The van der Waals surface area contributed by atoms with E-state index in [4.69, 9.17) is 9.47 Å². The smallest absolute Gasteiger partial charge is 0.239 e. The molecule has 7 nitrogen and oxygen atoms in total. The van der Waals surface area contributed by atoms with Gasteiger partial charge >= 0.3 is 0 Å². The third kappa shape index (κ3) is 3.42. The molecule has 0 aromatic heterocycles. The maximum Gasteiger partial charge on any atom is 0.239 e. The minimum absolute atomic E-state index is 0.169. The molecule has 0 aliphatic carbocycles. The molecule has 7 heteroatoms. The number of carbonyl (C=O) groups excluding carboxylic acids is 2. The van der Waals surface area contributed by atoms with Gasteiger partial charge in [-0.25, -0.2) is 0 Å². The Morgan fingerprint density at radius 2 is 1.90 bits per heavy atom. The lowest BCUT2D eigenvalue weighted by Gasteiger charge is -2.22. The molecule has 29 heavy (non-hydrogen) atoms. The summed E-state index contributed by atoms with van der Waals surface area (Å²) in [5, 5.41) is 6.25. The highest BCUT2D eigenvalue weighted by molar-refractivity contribution is 6.09. The maximum absolute atomic E-state index is 12.9. The predicted molar refractivity (Wildman–Crippen MR) is 107 cm³/mol. The van der Waals surface area contributed by atoms with Crippen LogP contribution < -0.4 is 25.0 Å². The molecule has 1 saturated heterocycles. The number of ether oxygens (including phenoxy) is 2. The number of rotatable bonds is 4. The SMILES string of the molecule is O=C(NCc1ccc2c(c1)CNC2)C1CCN(c2ccc3c(c2)OCCO3)C1=O. The summed E-state index contributed by atoms with van der Waals surface area (Å²) in [5.41, 5.74) is 4.37. The molecular formula is C22H23N3O4. The summed E-state index contributed by atoms with van der Waals surface area (Å²) in [4.78, 5) is 27.2. The Labute approximate surface area is 169 Å². The summed E-state index contributed by atoms with van der Waals surface area (Å²) in [6, 6.07) is 11.7. The summed E-state index contributed by atoms with van der Waals surface area (Å²) >= 11 is 0. The van der Waals surface area contributed by atoms with Crippen LogP contribution in [0.1, 0.15) is 23.1 Å². The number of benzene rings is 2. The highest BCUT2D eigenvalue weighted by atomic mass is 16.6. The van der Waals surface area contributed by atoms with Crippen molar-refractivity contribution in [2.75, 3.05) is 24.7 Å². The number of carbonyl (C=O) groups is 2. The molecular weight excluding hydrogens is 370 g/mol. The molecule has 2 amide bonds. The van der Waals surface area contributed by atoms with E-state index in [0.717, 1.165) is 24.3 Å². The molecule has 2 N–H and O–H groups in total. The Balaban J connectivity index is 1.23. The fourth-order valence-electron chi connectivity index (χ4n) is 4.15. The first-order chi connectivity index (χ1) is 14.2. The second-order valence-electron chi connectivity index (χ2n) is 7.58. The van der Waals surface area contributed by atoms with E-state index in [0.29, 0.717) is 44.2 Å². The monoisotopic (exact) mass is 393 g/mol. The summed E-state index contributed by atoms with van der Waals surface area (Å²) in [7, 11) is 0. The van der Waals surface area contributed by atoms with E-state index >= 15 is 0 Å². The van der Waals surface area contributed by atoms with Crippen molar-refractivity contribution in [3.05, 3.63) is 53.1 Å². The molecule has 1 atom stereocenters. The Morgan fingerprint density at radius 3 is 2.79 bits per heavy atom. The van der Waals surface area contributed by atoms with E-state index in [-0.39, 0.29) is 11.8 Å². The number of nitrogens with zero attached hydrogens (tertiary/aromatic N) is 1. The van der Waals surface area contributed by atoms with E-state index < -0.39 is 5.92 Å². The molecule has 3 heterocycles. The van der Waals surface area contributed by atoms with Crippen molar-refractivity contribution in [3.8, 4) is 11.5 Å². The average molecular weight is 393 g/mol. The van der Waals surface area contributed by atoms with Gasteiger partial charge in [-0.15, -0.1) is 0 Å². The third-order valence-electron chi connectivity index (χ3n) is 5.73. The lowest BCUT2D eigenvalue weighted by Crippen LogP contribution is -2.36. The van der Waals surface area contributed by atoms with Crippen LogP contribution in [0, 0.1) is 5.92 Å². The van der Waals surface area contributed by atoms with Crippen LogP contribution in [0.15, 0.2) is 36.4 Å². The Bertz CT molecular complexity index is 975. The molecule has 0 spiro atoms. The van der Waals surface area contributed by atoms with Gasteiger partial charge in [0.25, 0.3) is 0 Å².